The summed E-state index contributed by atoms with van der Waals surface area (Å²) in [7, 11) is -3.82. The fourth-order valence-corrected chi connectivity index (χ4v) is 8.25. The van der Waals surface area contributed by atoms with Crippen molar-refractivity contribution in [3.05, 3.63) is 125 Å². The van der Waals surface area contributed by atoms with Crippen LogP contribution in [-0.4, -0.2) is 92.5 Å². The number of benzene rings is 4. The summed E-state index contributed by atoms with van der Waals surface area (Å²) < 4.78 is 55.2. The average molecular weight is 878 g/mol. The number of carboxylic acids is 1. The van der Waals surface area contributed by atoms with Crippen molar-refractivity contribution in [3.63, 3.8) is 0 Å². The van der Waals surface area contributed by atoms with Crippen molar-refractivity contribution in [2.24, 2.45) is 17.0 Å². The molecule has 4 aromatic rings. The first-order chi connectivity index (χ1) is 29.6. The molecule has 2 fully saturated rings. The van der Waals surface area contributed by atoms with Gasteiger partial charge in [0.1, 0.15) is 0 Å². The van der Waals surface area contributed by atoms with E-state index in [1.807, 2.05) is 59.5 Å². The lowest BCUT2D eigenvalue weighted by atomic mass is 9.87. The van der Waals surface area contributed by atoms with Crippen molar-refractivity contribution >= 4 is 33.7 Å². The van der Waals surface area contributed by atoms with Crippen LogP contribution in [0.15, 0.2) is 108 Å². The number of carbonyl (C=O) groups excluding carboxylic acids is 3. The summed E-state index contributed by atoms with van der Waals surface area (Å²) in [6.45, 7) is 4.33. The molecule has 2 aliphatic rings. The lowest BCUT2D eigenvalue weighted by molar-refractivity contribution is -0.192. The summed E-state index contributed by atoms with van der Waals surface area (Å²) in [4.78, 5) is 52.6. The number of carbonyl (C=O) groups is 4. The largest absolute Gasteiger partial charge is 0.490 e. The van der Waals surface area contributed by atoms with Crippen LogP contribution in [-0.2, 0) is 32.6 Å². The van der Waals surface area contributed by atoms with Gasteiger partial charge >= 0.3 is 12.1 Å². The second-order valence-corrected chi connectivity index (χ2v) is 17.3. The predicted molar refractivity (Wildman–Crippen MR) is 229 cm³/mol. The van der Waals surface area contributed by atoms with Crippen LogP contribution in [0.25, 0.3) is 11.1 Å². The minimum absolute atomic E-state index is 0.0219. The molecule has 0 bridgehead atoms. The second-order valence-electron chi connectivity index (χ2n) is 15.7. The van der Waals surface area contributed by atoms with Crippen LogP contribution in [0.1, 0.15) is 76.8 Å². The molecule has 0 aromatic heterocycles. The van der Waals surface area contributed by atoms with E-state index in [1.54, 1.807) is 41.3 Å². The van der Waals surface area contributed by atoms with Gasteiger partial charge in [-0.15, -0.1) is 0 Å². The van der Waals surface area contributed by atoms with Gasteiger partial charge in [0.2, 0.25) is 15.9 Å². The van der Waals surface area contributed by atoms with E-state index in [2.05, 4.69) is 10.6 Å². The zero-order valence-electron chi connectivity index (χ0n) is 34.5. The highest BCUT2D eigenvalue weighted by Gasteiger charge is 2.38. The maximum atomic E-state index is 13.7. The lowest BCUT2D eigenvalue weighted by Crippen LogP contribution is -2.40. The third-order valence-corrected chi connectivity index (χ3v) is 12.2. The fourth-order valence-electron chi connectivity index (χ4n) is 7.74. The molecular formula is C46H54F3N5O7S. The Morgan fingerprint density at radius 2 is 1.35 bits per heavy atom. The number of piperidine rings is 2. The van der Waals surface area contributed by atoms with Crippen LogP contribution < -0.4 is 15.8 Å². The molecule has 6 rings (SSSR count). The number of halogens is 3. The Morgan fingerprint density at radius 3 is 1.97 bits per heavy atom. The van der Waals surface area contributed by atoms with Gasteiger partial charge in [-0.2, -0.15) is 13.2 Å². The molecule has 332 valence electrons. The number of primary sulfonamides is 1. The van der Waals surface area contributed by atoms with E-state index in [0.29, 0.717) is 30.0 Å². The van der Waals surface area contributed by atoms with Crippen molar-refractivity contribution in [2.75, 3.05) is 39.3 Å². The fraction of sp³-hybridized carbons (Fsp3) is 0.391. The SMILES string of the molecule is NS(=O)(=O)c1ccc(CCN(Cc2cccc(-c3cccc(C(=O)N4CCC(CCCC5CCNCC5)CC4)c3)c2)C(=O)CNC(=O)c2ccccc2)cc1.O=C(O)C(F)(F)F. The Hall–Kier alpha value is -5.58. The number of nitrogens with one attached hydrogen (secondary N) is 2. The molecule has 2 aliphatic heterocycles. The van der Waals surface area contributed by atoms with Crippen LogP contribution >= 0.6 is 0 Å². The summed E-state index contributed by atoms with van der Waals surface area (Å²) >= 11 is 0. The number of sulfonamides is 1. The molecule has 0 aliphatic carbocycles. The van der Waals surface area contributed by atoms with Gasteiger partial charge in [-0.1, -0.05) is 79.9 Å². The zero-order chi connectivity index (χ0) is 44.7. The number of hydrogen-bond acceptors (Lipinski definition) is 7. The van der Waals surface area contributed by atoms with Crippen molar-refractivity contribution in [3.8, 4) is 11.1 Å². The van der Waals surface area contributed by atoms with E-state index in [1.165, 1.54) is 44.2 Å². The lowest BCUT2D eigenvalue weighted by Gasteiger charge is -2.32. The molecule has 0 radical (unpaired) electrons. The van der Waals surface area contributed by atoms with Crippen molar-refractivity contribution in [1.29, 1.82) is 0 Å². The van der Waals surface area contributed by atoms with Gasteiger partial charge in [0, 0.05) is 37.3 Å². The Morgan fingerprint density at radius 1 is 0.774 bits per heavy atom. The Kier molecular flexibility index (Phi) is 17.2. The first-order valence-electron chi connectivity index (χ1n) is 20.8. The molecule has 3 amide bonds. The third-order valence-electron chi connectivity index (χ3n) is 11.3. The second kappa shape index (κ2) is 22.5. The molecule has 16 heteroatoms. The van der Waals surface area contributed by atoms with Crippen molar-refractivity contribution in [1.82, 2.24) is 20.4 Å². The van der Waals surface area contributed by atoms with Crippen molar-refractivity contribution in [2.45, 2.75) is 69.0 Å². The number of likely N-dealkylation sites (tertiary alicyclic amines) is 1. The first kappa shape index (κ1) is 47.5. The standard InChI is InChI=1S/C44H53N5O5S.C2HF3O2/c45-55(53,54)41-17-15-35(16-18-41)23-28-49(42(50)31-47-43(51)37-10-2-1-3-11-37)32-36-9-5-12-38(29-36)39-13-6-14-40(30-39)44(52)48-26-21-34(22-27-48)8-4-7-33-19-24-46-25-20-33;3-2(4,5)1(6)7/h1-3,5-6,9-18,29-30,33-34,46H,4,7-8,19-28,31-32H2,(H,47,51)(H2,45,53,54);(H,6,7). The van der Waals surface area contributed by atoms with Gasteiger partial charge in [0.05, 0.1) is 11.4 Å². The third kappa shape index (κ3) is 14.8. The van der Waals surface area contributed by atoms with E-state index in [9.17, 15) is 36.0 Å². The van der Waals surface area contributed by atoms with Crippen LogP contribution in [0.3, 0.4) is 0 Å². The highest BCUT2D eigenvalue weighted by Crippen LogP contribution is 2.28. The number of amides is 3. The number of rotatable bonds is 15. The summed E-state index contributed by atoms with van der Waals surface area (Å²) in [5.74, 6) is -1.72. The van der Waals surface area contributed by atoms with Gasteiger partial charge in [0.15, 0.2) is 0 Å². The number of nitrogens with two attached hydrogens (primary N) is 1. The topological polar surface area (TPSA) is 179 Å². The normalized spacial score (nSPS) is 14.9. The molecular weight excluding hydrogens is 824 g/mol. The van der Waals surface area contributed by atoms with Crippen LogP contribution in [0.5, 0.6) is 0 Å². The highest BCUT2D eigenvalue weighted by atomic mass is 32.2. The monoisotopic (exact) mass is 877 g/mol. The minimum Gasteiger partial charge on any atom is -0.475 e. The summed E-state index contributed by atoms with van der Waals surface area (Å²) in [6, 6.07) is 30.7. The van der Waals surface area contributed by atoms with Crippen LogP contribution in [0, 0.1) is 11.8 Å². The molecule has 0 saturated carbocycles. The first-order valence-corrected chi connectivity index (χ1v) is 22.3. The molecule has 5 N–H and O–H groups in total. The molecule has 12 nitrogen and oxygen atoms in total. The summed E-state index contributed by atoms with van der Waals surface area (Å²) in [6.07, 6.45) is 3.98. The Bertz CT molecular complexity index is 2230. The van der Waals surface area contributed by atoms with Gasteiger partial charge in [0.25, 0.3) is 11.8 Å². The van der Waals surface area contributed by atoms with E-state index < -0.39 is 22.2 Å². The van der Waals surface area contributed by atoms with Crippen molar-refractivity contribution < 1.29 is 45.9 Å². The summed E-state index contributed by atoms with van der Waals surface area (Å²) in [5.41, 5.74) is 4.72. The van der Waals surface area contributed by atoms with E-state index in [0.717, 1.165) is 67.2 Å². The number of alkyl halides is 3. The molecule has 0 unspecified atom stereocenters. The maximum absolute atomic E-state index is 13.7. The number of carboxylic acid groups (broad SMARTS) is 1. The van der Waals surface area contributed by atoms with E-state index >= 15 is 0 Å². The number of nitrogens with zero attached hydrogens (tertiary/aromatic N) is 2. The van der Waals surface area contributed by atoms with Gasteiger partial charge < -0.3 is 25.5 Å². The maximum Gasteiger partial charge on any atom is 0.490 e. The molecule has 2 heterocycles. The van der Waals surface area contributed by atoms with Crippen LogP contribution in [0.4, 0.5) is 13.2 Å². The highest BCUT2D eigenvalue weighted by molar-refractivity contribution is 7.89. The van der Waals surface area contributed by atoms with E-state index in [-0.39, 0.29) is 35.7 Å². The Balaban J connectivity index is 0.000000955. The number of hydrogen-bond donors (Lipinski definition) is 4. The van der Waals surface area contributed by atoms with Gasteiger partial charge in [-0.25, -0.2) is 18.4 Å². The molecule has 62 heavy (non-hydrogen) atoms. The van der Waals surface area contributed by atoms with Gasteiger partial charge in [-0.05, 0) is 122 Å². The van der Waals surface area contributed by atoms with Gasteiger partial charge in [-0.3, -0.25) is 14.4 Å². The molecule has 2 saturated heterocycles. The van der Waals surface area contributed by atoms with Crippen LogP contribution in [0.2, 0.25) is 0 Å². The quantitative estimate of drug-likeness (QED) is 0.102. The number of aliphatic carboxylic acids is 1. The predicted octanol–water partition coefficient (Wildman–Crippen LogP) is 6.66. The minimum atomic E-state index is -5.08. The molecule has 0 atom stereocenters. The Labute approximate surface area is 360 Å². The smallest absolute Gasteiger partial charge is 0.475 e. The molecule has 4 aromatic carbocycles. The molecule has 0 spiro atoms. The average Bonchev–Trinajstić information content (AvgIpc) is 3.27. The zero-order valence-corrected chi connectivity index (χ0v) is 35.3. The summed E-state index contributed by atoms with van der Waals surface area (Å²) in [5, 5.41) is 18.6. The van der Waals surface area contributed by atoms with E-state index in [4.69, 9.17) is 15.0 Å².